The third-order valence-electron chi connectivity index (χ3n) is 5.96. The van der Waals surface area contributed by atoms with Gasteiger partial charge in [-0.2, -0.15) is 10.2 Å². The van der Waals surface area contributed by atoms with E-state index in [-0.39, 0.29) is 30.0 Å². The van der Waals surface area contributed by atoms with Crippen molar-refractivity contribution in [2.75, 3.05) is 13.1 Å². The predicted molar refractivity (Wildman–Crippen MR) is 124 cm³/mol. The van der Waals surface area contributed by atoms with E-state index in [1.165, 1.54) is 0 Å². The van der Waals surface area contributed by atoms with Crippen molar-refractivity contribution in [3.8, 4) is 0 Å². The second kappa shape index (κ2) is 9.40. The van der Waals surface area contributed by atoms with Gasteiger partial charge in [0, 0.05) is 37.4 Å². The molecule has 0 atom stereocenters. The first kappa shape index (κ1) is 23.9. The summed E-state index contributed by atoms with van der Waals surface area (Å²) in [5, 5.41) is 8.84. The van der Waals surface area contributed by atoms with Gasteiger partial charge in [0.25, 0.3) is 5.91 Å². The second-order valence-electron chi connectivity index (χ2n) is 9.01. The number of piperidine rings is 1. The zero-order chi connectivity index (χ0) is 22.3. The highest BCUT2D eigenvalue weighted by Crippen LogP contribution is 2.25. The van der Waals surface area contributed by atoms with Crippen molar-refractivity contribution in [1.29, 1.82) is 0 Å². The molecule has 172 valence electrons. The van der Waals surface area contributed by atoms with Crippen LogP contribution in [0.3, 0.4) is 0 Å². The number of fused-ring (bicyclic) bond motifs is 1. The molecule has 1 saturated heterocycles. The highest BCUT2D eigenvalue weighted by Gasteiger charge is 2.31. The minimum absolute atomic E-state index is 0. The van der Waals surface area contributed by atoms with Gasteiger partial charge in [0.1, 0.15) is 5.69 Å². The van der Waals surface area contributed by atoms with E-state index < -0.39 is 0 Å². The summed E-state index contributed by atoms with van der Waals surface area (Å²) in [6.07, 6.45) is 3.76. The molecular formula is C23H31ClN6O2. The maximum Gasteiger partial charge on any atom is 0.272 e. The molecule has 0 aliphatic carbocycles. The van der Waals surface area contributed by atoms with Crippen LogP contribution in [-0.4, -0.2) is 54.1 Å². The lowest BCUT2D eigenvalue weighted by atomic mass is 9.89. The molecular weight excluding hydrogens is 428 g/mol. The first-order chi connectivity index (χ1) is 14.7. The fourth-order valence-corrected chi connectivity index (χ4v) is 4.42. The molecule has 32 heavy (non-hydrogen) atoms. The highest BCUT2D eigenvalue weighted by atomic mass is 35.5. The van der Waals surface area contributed by atoms with Crippen LogP contribution in [0.15, 0.2) is 18.3 Å². The molecule has 1 fully saturated rings. The number of aryl methyl sites for hydroxylation is 3. The van der Waals surface area contributed by atoms with Crippen LogP contribution >= 0.6 is 12.4 Å². The van der Waals surface area contributed by atoms with Crippen LogP contribution in [0.4, 0.5) is 0 Å². The Labute approximate surface area is 194 Å². The number of carbonyl (C=O) groups excluding carboxylic acids is 2. The number of aromatic nitrogens is 5. The van der Waals surface area contributed by atoms with Crippen LogP contribution in [0.5, 0.6) is 0 Å². The molecule has 8 nitrogen and oxygen atoms in total. The van der Waals surface area contributed by atoms with E-state index >= 15 is 0 Å². The monoisotopic (exact) mass is 458 g/mol. The van der Waals surface area contributed by atoms with Gasteiger partial charge in [0.05, 0.1) is 17.5 Å². The van der Waals surface area contributed by atoms with Crippen LogP contribution in [-0.2, 0) is 13.5 Å². The molecule has 0 spiro atoms. The predicted octanol–water partition coefficient (Wildman–Crippen LogP) is 3.44. The Kier molecular flexibility index (Phi) is 7.03. The van der Waals surface area contributed by atoms with Crippen molar-refractivity contribution in [1.82, 2.24) is 29.3 Å². The number of nitrogens with zero attached hydrogens (tertiary/aromatic N) is 6. The van der Waals surface area contributed by atoms with Crippen molar-refractivity contribution in [2.45, 2.75) is 47.0 Å². The molecule has 9 heteroatoms. The molecule has 0 radical (unpaired) electrons. The molecule has 1 aliphatic rings. The Morgan fingerprint density at radius 3 is 2.50 bits per heavy atom. The fraction of sp³-hybridized carbons (Fsp3) is 0.522. The molecule has 3 aromatic heterocycles. The lowest BCUT2D eigenvalue weighted by Crippen LogP contribution is -2.41. The van der Waals surface area contributed by atoms with Crippen molar-refractivity contribution < 1.29 is 9.59 Å². The number of hydrogen-bond acceptors (Lipinski definition) is 5. The lowest BCUT2D eigenvalue weighted by Gasteiger charge is -2.31. The van der Waals surface area contributed by atoms with Gasteiger partial charge in [-0.3, -0.25) is 14.3 Å². The molecule has 1 aliphatic heterocycles. The molecule has 0 N–H and O–H groups in total. The summed E-state index contributed by atoms with van der Waals surface area (Å²) in [4.78, 5) is 32.6. The lowest BCUT2D eigenvalue weighted by molar-refractivity contribution is 0.0641. The molecule has 0 aromatic carbocycles. The third-order valence-corrected chi connectivity index (χ3v) is 5.96. The van der Waals surface area contributed by atoms with Gasteiger partial charge in [-0.15, -0.1) is 12.4 Å². The Balaban J connectivity index is 0.00000289. The van der Waals surface area contributed by atoms with Crippen LogP contribution in [0.1, 0.15) is 64.6 Å². The number of hydrogen-bond donors (Lipinski definition) is 0. The van der Waals surface area contributed by atoms with Gasteiger partial charge in [-0.05, 0) is 51.2 Å². The fourth-order valence-electron chi connectivity index (χ4n) is 4.42. The van der Waals surface area contributed by atoms with E-state index in [0.717, 1.165) is 23.5 Å². The summed E-state index contributed by atoms with van der Waals surface area (Å²) in [5.41, 5.74) is 4.56. The number of rotatable bonds is 5. The van der Waals surface area contributed by atoms with Gasteiger partial charge in [-0.1, -0.05) is 13.8 Å². The van der Waals surface area contributed by atoms with Crippen molar-refractivity contribution >= 4 is 29.7 Å². The zero-order valence-corrected chi connectivity index (χ0v) is 20.1. The largest absolute Gasteiger partial charge is 0.337 e. The summed E-state index contributed by atoms with van der Waals surface area (Å²) in [6, 6.07) is 3.85. The van der Waals surface area contributed by atoms with Crippen LogP contribution in [0.2, 0.25) is 0 Å². The molecule has 1 amide bonds. The zero-order valence-electron chi connectivity index (χ0n) is 19.3. The minimum Gasteiger partial charge on any atom is -0.337 e. The molecule has 0 saturated carbocycles. The topological polar surface area (TPSA) is 85.4 Å². The molecule has 0 bridgehead atoms. The van der Waals surface area contributed by atoms with E-state index in [2.05, 4.69) is 29.0 Å². The Hall–Kier alpha value is -2.74. The van der Waals surface area contributed by atoms with E-state index in [0.29, 0.717) is 48.8 Å². The first-order valence-electron chi connectivity index (χ1n) is 10.9. The van der Waals surface area contributed by atoms with E-state index in [1.54, 1.807) is 15.4 Å². The quantitative estimate of drug-likeness (QED) is 0.547. The number of likely N-dealkylation sites (tertiary alicyclic amines) is 1. The molecule has 4 rings (SSSR count). The highest BCUT2D eigenvalue weighted by molar-refractivity contribution is 6.03. The van der Waals surface area contributed by atoms with E-state index in [9.17, 15) is 9.59 Å². The van der Waals surface area contributed by atoms with Crippen LogP contribution in [0.25, 0.3) is 5.65 Å². The molecule has 0 unspecified atom stereocenters. The molecule has 4 heterocycles. The summed E-state index contributed by atoms with van der Waals surface area (Å²) in [5.74, 6) is 0.420. The number of ketones is 1. The van der Waals surface area contributed by atoms with Crippen molar-refractivity contribution in [2.24, 2.45) is 18.9 Å². The van der Waals surface area contributed by atoms with Gasteiger partial charge < -0.3 is 4.90 Å². The minimum atomic E-state index is -0.122. The van der Waals surface area contributed by atoms with Gasteiger partial charge >= 0.3 is 0 Å². The van der Waals surface area contributed by atoms with Crippen molar-refractivity contribution in [3.63, 3.8) is 0 Å². The van der Waals surface area contributed by atoms with E-state index in [1.807, 2.05) is 37.9 Å². The Bertz CT molecular complexity index is 1140. The normalized spacial score (nSPS) is 14.8. The number of Topliss-reactive ketones (excluding diaryl/α,β-unsaturated/α-hetero) is 1. The van der Waals surface area contributed by atoms with Gasteiger partial charge in [0.15, 0.2) is 11.4 Å². The first-order valence-corrected chi connectivity index (χ1v) is 10.9. The number of amides is 1. The summed E-state index contributed by atoms with van der Waals surface area (Å²) >= 11 is 0. The van der Waals surface area contributed by atoms with Gasteiger partial charge in [0.2, 0.25) is 0 Å². The average Bonchev–Trinajstić information content (AvgIpc) is 3.30. The maximum atomic E-state index is 13.2. The van der Waals surface area contributed by atoms with Gasteiger partial charge in [-0.25, -0.2) is 9.50 Å². The number of halogens is 1. The average molecular weight is 459 g/mol. The van der Waals surface area contributed by atoms with Crippen LogP contribution < -0.4 is 0 Å². The summed E-state index contributed by atoms with van der Waals surface area (Å²) in [6.45, 7) is 9.27. The third kappa shape index (κ3) is 4.55. The Morgan fingerprint density at radius 1 is 1.16 bits per heavy atom. The van der Waals surface area contributed by atoms with Crippen molar-refractivity contribution in [3.05, 3.63) is 46.7 Å². The summed E-state index contributed by atoms with van der Waals surface area (Å²) < 4.78 is 3.39. The Morgan fingerprint density at radius 2 is 1.84 bits per heavy atom. The summed E-state index contributed by atoms with van der Waals surface area (Å²) in [7, 11) is 1.81. The molecule has 3 aromatic rings. The SMILES string of the molecule is Cc1cc(C)n2ncc(C(=O)C3CCN(C(=O)c4cc(CC(C)C)nn4C)CC3)c2n1.Cl. The van der Waals surface area contributed by atoms with Crippen LogP contribution in [0, 0.1) is 25.7 Å². The standard InChI is InChI=1S/C23H30N6O2.ClH/c1-14(2)10-18-12-20(27(5)26-18)23(31)28-8-6-17(7-9-28)21(30)19-13-24-29-16(4)11-15(3)25-22(19)29;/h11-14,17H,6-10H2,1-5H3;1H. The second-order valence-corrected chi connectivity index (χ2v) is 9.01. The number of carbonyl (C=O) groups is 2. The smallest absolute Gasteiger partial charge is 0.272 e. The van der Waals surface area contributed by atoms with E-state index in [4.69, 9.17) is 0 Å². The maximum absolute atomic E-state index is 13.2.